The minimum absolute atomic E-state index is 0.118. The Balaban J connectivity index is 3.00. The number of methoxy groups -OCH3 is 2. The third-order valence-corrected chi connectivity index (χ3v) is 3.09. The molecule has 1 N–H and O–H groups in total. The summed E-state index contributed by atoms with van der Waals surface area (Å²) < 4.78 is 10.8. The van der Waals surface area contributed by atoms with Gasteiger partial charge in [0.1, 0.15) is 0 Å². The Bertz CT molecular complexity index is 459. The fourth-order valence-electron chi connectivity index (χ4n) is 1.90. The molecule has 3 nitrogen and oxygen atoms in total. The summed E-state index contributed by atoms with van der Waals surface area (Å²) in [4.78, 5) is 0. The number of para-hydroxylation sites is 1. The molecule has 0 spiro atoms. The Hall–Kier alpha value is -1.48. The maximum absolute atomic E-state index is 5.47. The number of hydrogen-bond acceptors (Lipinski definition) is 3. The quantitative estimate of drug-likeness (QED) is 0.856. The van der Waals surface area contributed by atoms with Gasteiger partial charge >= 0.3 is 0 Å². The van der Waals surface area contributed by atoms with Crippen LogP contribution in [0.25, 0.3) is 6.08 Å². The standard InChI is InChI=1S/C17H27NO2/c1-7-13(12-18-17(2,3)4)11-14-9-8-10-15(19-5)16(14)20-6/h8-11,18H,7,12H2,1-6H3. The van der Waals surface area contributed by atoms with Crippen molar-refractivity contribution in [1.29, 1.82) is 0 Å². The third-order valence-electron chi connectivity index (χ3n) is 3.09. The molecule has 0 heterocycles. The number of rotatable bonds is 6. The second kappa shape index (κ2) is 7.34. The molecule has 1 aromatic rings. The van der Waals surface area contributed by atoms with Crippen molar-refractivity contribution < 1.29 is 9.47 Å². The molecule has 3 heteroatoms. The molecule has 112 valence electrons. The highest BCUT2D eigenvalue weighted by Gasteiger charge is 2.11. The van der Waals surface area contributed by atoms with Crippen LogP contribution in [-0.4, -0.2) is 26.3 Å². The minimum Gasteiger partial charge on any atom is -0.493 e. The Morgan fingerprint density at radius 1 is 1.20 bits per heavy atom. The van der Waals surface area contributed by atoms with Gasteiger partial charge in [-0.05, 0) is 33.3 Å². The van der Waals surface area contributed by atoms with Crippen LogP contribution >= 0.6 is 0 Å². The van der Waals surface area contributed by atoms with Gasteiger partial charge in [-0.1, -0.05) is 30.7 Å². The molecule has 1 aromatic carbocycles. The van der Waals surface area contributed by atoms with Crippen LogP contribution in [0.15, 0.2) is 23.8 Å². The minimum atomic E-state index is 0.118. The average molecular weight is 277 g/mol. The van der Waals surface area contributed by atoms with E-state index < -0.39 is 0 Å². The van der Waals surface area contributed by atoms with Gasteiger partial charge in [-0.15, -0.1) is 0 Å². The molecule has 0 amide bonds. The first-order valence-corrected chi connectivity index (χ1v) is 7.06. The van der Waals surface area contributed by atoms with E-state index in [1.807, 2.05) is 18.2 Å². The number of hydrogen-bond donors (Lipinski definition) is 1. The molecule has 0 saturated heterocycles. The van der Waals surface area contributed by atoms with Crippen molar-refractivity contribution in [1.82, 2.24) is 5.32 Å². The van der Waals surface area contributed by atoms with Crippen LogP contribution in [0.3, 0.4) is 0 Å². The van der Waals surface area contributed by atoms with Gasteiger partial charge in [-0.25, -0.2) is 0 Å². The van der Waals surface area contributed by atoms with E-state index in [4.69, 9.17) is 9.47 Å². The molecule has 0 radical (unpaired) electrons. The molecule has 0 bridgehead atoms. The molecule has 1 rings (SSSR count). The van der Waals surface area contributed by atoms with Gasteiger partial charge in [0.05, 0.1) is 14.2 Å². The van der Waals surface area contributed by atoms with E-state index in [2.05, 4.69) is 39.1 Å². The number of ether oxygens (including phenoxy) is 2. The Kier molecular flexibility index (Phi) is 6.08. The van der Waals surface area contributed by atoms with Gasteiger partial charge in [0.25, 0.3) is 0 Å². The van der Waals surface area contributed by atoms with Crippen molar-refractivity contribution in [2.45, 2.75) is 39.7 Å². The molecule has 0 aromatic heterocycles. The van der Waals surface area contributed by atoms with Crippen molar-refractivity contribution in [3.8, 4) is 11.5 Å². The van der Waals surface area contributed by atoms with Gasteiger partial charge in [-0.3, -0.25) is 0 Å². The summed E-state index contributed by atoms with van der Waals surface area (Å²) in [5.41, 5.74) is 2.51. The zero-order valence-electron chi connectivity index (χ0n) is 13.5. The first-order chi connectivity index (χ1) is 9.41. The van der Waals surface area contributed by atoms with Crippen molar-refractivity contribution in [2.24, 2.45) is 0 Å². The molecule has 0 aliphatic heterocycles. The van der Waals surface area contributed by atoms with Crippen LogP contribution in [-0.2, 0) is 0 Å². The van der Waals surface area contributed by atoms with Crippen LogP contribution in [0.2, 0.25) is 0 Å². The molecule has 0 saturated carbocycles. The van der Waals surface area contributed by atoms with Crippen molar-refractivity contribution >= 4 is 6.08 Å². The first kappa shape index (κ1) is 16.6. The summed E-state index contributed by atoms with van der Waals surface area (Å²) in [6, 6.07) is 5.95. The SMILES string of the molecule is CCC(=Cc1cccc(OC)c1OC)CNC(C)(C)C. The van der Waals surface area contributed by atoms with E-state index in [9.17, 15) is 0 Å². The second-order valence-corrected chi connectivity index (χ2v) is 5.84. The van der Waals surface area contributed by atoms with Crippen molar-refractivity contribution in [2.75, 3.05) is 20.8 Å². The predicted octanol–water partition coefficient (Wildman–Crippen LogP) is 3.89. The smallest absolute Gasteiger partial charge is 0.167 e. The van der Waals surface area contributed by atoms with E-state index in [1.165, 1.54) is 5.57 Å². The Morgan fingerprint density at radius 2 is 1.90 bits per heavy atom. The first-order valence-electron chi connectivity index (χ1n) is 7.06. The molecular weight excluding hydrogens is 250 g/mol. The van der Waals surface area contributed by atoms with Gasteiger partial charge in [0.2, 0.25) is 0 Å². The van der Waals surface area contributed by atoms with Crippen LogP contribution < -0.4 is 14.8 Å². The molecule has 0 unspecified atom stereocenters. The lowest BCUT2D eigenvalue weighted by Gasteiger charge is -2.21. The van der Waals surface area contributed by atoms with Crippen LogP contribution in [0, 0.1) is 0 Å². The van der Waals surface area contributed by atoms with Gasteiger partial charge in [0.15, 0.2) is 11.5 Å². The molecule has 0 aliphatic rings. The Morgan fingerprint density at radius 3 is 2.40 bits per heavy atom. The highest BCUT2D eigenvalue weighted by Crippen LogP contribution is 2.32. The lowest BCUT2D eigenvalue weighted by atomic mass is 10.0. The lowest BCUT2D eigenvalue weighted by molar-refractivity contribution is 0.354. The van der Waals surface area contributed by atoms with E-state index >= 15 is 0 Å². The van der Waals surface area contributed by atoms with Gasteiger partial charge < -0.3 is 14.8 Å². The van der Waals surface area contributed by atoms with Crippen LogP contribution in [0.5, 0.6) is 11.5 Å². The molecular formula is C17H27NO2. The largest absolute Gasteiger partial charge is 0.493 e. The maximum Gasteiger partial charge on any atom is 0.167 e. The zero-order valence-corrected chi connectivity index (χ0v) is 13.5. The fourth-order valence-corrected chi connectivity index (χ4v) is 1.90. The maximum atomic E-state index is 5.47. The highest BCUT2D eigenvalue weighted by atomic mass is 16.5. The zero-order chi connectivity index (χ0) is 15.2. The highest BCUT2D eigenvalue weighted by molar-refractivity contribution is 5.64. The van der Waals surface area contributed by atoms with E-state index in [0.29, 0.717) is 0 Å². The molecule has 0 fully saturated rings. The van der Waals surface area contributed by atoms with E-state index in [1.54, 1.807) is 14.2 Å². The topological polar surface area (TPSA) is 30.5 Å². The van der Waals surface area contributed by atoms with E-state index in [-0.39, 0.29) is 5.54 Å². The summed E-state index contributed by atoms with van der Waals surface area (Å²) in [7, 11) is 3.33. The second-order valence-electron chi connectivity index (χ2n) is 5.84. The summed E-state index contributed by atoms with van der Waals surface area (Å²) in [5, 5.41) is 3.52. The fraction of sp³-hybridized carbons (Fsp3) is 0.529. The lowest BCUT2D eigenvalue weighted by Crippen LogP contribution is -2.36. The van der Waals surface area contributed by atoms with Crippen LogP contribution in [0.4, 0.5) is 0 Å². The molecule has 20 heavy (non-hydrogen) atoms. The molecule has 0 atom stereocenters. The van der Waals surface area contributed by atoms with E-state index in [0.717, 1.165) is 30.0 Å². The predicted molar refractivity (Wildman–Crippen MR) is 85.6 cm³/mol. The summed E-state index contributed by atoms with van der Waals surface area (Å²) in [6.45, 7) is 9.56. The van der Waals surface area contributed by atoms with Crippen LogP contribution in [0.1, 0.15) is 39.7 Å². The molecule has 0 aliphatic carbocycles. The normalized spacial score (nSPS) is 12.4. The summed E-state index contributed by atoms with van der Waals surface area (Å²) in [5.74, 6) is 1.55. The number of benzene rings is 1. The van der Waals surface area contributed by atoms with Gasteiger partial charge in [-0.2, -0.15) is 0 Å². The van der Waals surface area contributed by atoms with Crippen molar-refractivity contribution in [3.05, 3.63) is 29.3 Å². The third kappa shape index (κ3) is 4.89. The Labute approximate surface area is 123 Å². The van der Waals surface area contributed by atoms with Gasteiger partial charge in [0, 0.05) is 17.6 Å². The summed E-state index contributed by atoms with van der Waals surface area (Å²) >= 11 is 0. The van der Waals surface area contributed by atoms with Crippen molar-refractivity contribution in [3.63, 3.8) is 0 Å². The monoisotopic (exact) mass is 277 g/mol. The average Bonchev–Trinajstić information content (AvgIpc) is 2.41. The number of nitrogens with one attached hydrogen (secondary N) is 1. The summed E-state index contributed by atoms with van der Waals surface area (Å²) in [6.07, 6.45) is 3.18.